The maximum atomic E-state index is 12.0. The molecule has 0 aliphatic rings. The highest BCUT2D eigenvalue weighted by Crippen LogP contribution is 2.20. The van der Waals surface area contributed by atoms with Gasteiger partial charge in [-0.15, -0.1) is 0 Å². The summed E-state index contributed by atoms with van der Waals surface area (Å²) in [6.07, 6.45) is 4.06. The SMILES string of the molecule is NCCCNc1ncc(C(=O)c2ccccn2)s1. The number of carbonyl (C=O) groups excluding carboxylic acids is 1. The van der Waals surface area contributed by atoms with Crippen molar-refractivity contribution in [3.05, 3.63) is 41.2 Å². The number of hydrogen-bond donors (Lipinski definition) is 2. The van der Waals surface area contributed by atoms with E-state index in [1.807, 2.05) is 0 Å². The van der Waals surface area contributed by atoms with Crippen LogP contribution in [-0.4, -0.2) is 28.8 Å². The smallest absolute Gasteiger partial charge is 0.222 e. The van der Waals surface area contributed by atoms with E-state index in [1.54, 1.807) is 30.6 Å². The first-order valence-electron chi connectivity index (χ1n) is 5.67. The molecule has 2 rings (SSSR count). The van der Waals surface area contributed by atoms with Gasteiger partial charge in [0, 0.05) is 12.7 Å². The van der Waals surface area contributed by atoms with Crippen molar-refractivity contribution in [2.45, 2.75) is 6.42 Å². The Labute approximate surface area is 109 Å². The number of rotatable bonds is 6. The highest BCUT2D eigenvalue weighted by Gasteiger charge is 2.13. The van der Waals surface area contributed by atoms with E-state index in [4.69, 9.17) is 5.73 Å². The topological polar surface area (TPSA) is 80.9 Å². The fourth-order valence-electron chi connectivity index (χ4n) is 1.38. The summed E-state index contributed by atoms with van der Waals surface area (Å²) in [7, 11) is 0. The number of ketones is 1. The second-order valence-electron chi connectivity index (χ2n) is 3.64. The maximum absolute atomic E-state index is 12.0. The van der Waals surface area contributed by atoms with Gasteiger partial charge in [0.05, 0.1) is 11.1 Å². The average molecular weight is 262 g/mol. The summed E-state index contributed by atoms with van der Waals surface area (Å²) >= 11 is 1.33. The first-order valence-corrected chi connectivity index (χ1v) is 6.48. The highest BCUT2D eigenvalue weighted by molar-refractivity contribution is 7.17. The molecule has 0 bridgehead atoms. The zero-order valence-electron chi connectivity index (χ0n) is 9.80. The maximum Gasteiger partial charge on any atom is 0.222 e. The van der Waals surface area contributed by atoms with Crippen molar-refractivity contribution in [3.63, 3.8) is 0 Å². The summed E-state index contributed by atoms with van der Waals surface area (Å²) in [6.45, 7) is 1.40. The monoisotopic (exact) mass is 262 g/mol. The fraction of sp³-hybridized carbons (Fsp3) is 0.250. The molecule has 0 spiro atoms. The minimum Gasteiger partial charge on any atom is -0.361 e. The van der Waals surface area contributed by atoms with Crippen LogP contribution in [0.15, 0.2) is 30.6 Å². The van der Waals surface area contributed by atoms with Crippen LogP contribution < -0.4 is 11.1 Å². The summed E-state index contributed by atoms with van der Waals surface area (Å²) < 4.78 is 0. The Morgan fingerprint density at radius 3 is 3.00 bits per heavy atom. The molecule has 0 fully saturated rings. The van der Waals surface area contributed by atoms with Gasteiger partial charge in [-0.3, -0.25) is 9.78 Å². The lowest BCUT2D eigenvalue weighted by molar-refractivity contribution is 0.103. The molecule has 5 nitrogen and oxygen atoms in total. The van der Waals surface area contributed by atoms with Crippen molar-refractivity contribution in [1.82, 2.24) is 9.97 Å². The second-order valence-corrected chi connectivity index (χ2v) is 4.67. The first kappa shape index (κ1) is 12.7. The van der Waals surface area contributed by atoms with Gasteiger partial charge < -0.3 is 11.1 Å². The van der Waals surface area contributed by atoms with Crippen LogP contribution >= 0.6 is 11.3 Å². The number of pyridine rings is 1. The molecule has 0 radical (unpaired) electrons. The molecule has 2 aromatic rings. The molecule has 6 heteroatoms. The Kier molecular flexibility index (Phi) is 4.38. The van der Waals surface area contributed by atoms with Gasteiger partial charge in [-0.2, -0.15) is 0 Å². The third-order valence-electron chi connectivity index (χ3n) is 2.28. The summed E-state index contributed by atoms with van der Waals surface area (Å²) in [5.74, 6) is -0.0972. The van der Waals surface area contributed by atoms with Crippen LogP contribution in [0.5, 0.6) is 0 Å². The van der Waals surface area contributed by atoms with Crippen molar-refractivity contribution in [3.8, 4) is 0 Å². The Bertz CT molecular complexity index is 512. The van der Waals surface area contributed by atoms with Gasteiger partial charge in [-0.25, -0.2) is 4.98 Å². The normalized spacial score (nSPS) is 10.3. The molecule has 0 saturated heterocycles. The van der Waals surface area contributed by atoms with Crippen molar-refractivity contribution < 1.29 is 4.79 Å². The van der Waals surface area contributed by atoms with Gasteiger partial charge in [0.1, 0.15) is 5.69 Å². The van der Waals surface area contributed by atoms with Gasteiger partial charge in [0.25, 0.3) is 0 Å². The lowest BCUT2D eigenvalue weighted by atomic mass is 10.2. The van der Waals surface area contributed by atoms with Crippen LogP contribution in [0.4, 0.5) is 5.13 Å². The molecule has 0 saturated carbocycles. The number of aromatic nitrogens is 2. The second kappa shape index (κ2) is 6.23. The predicted octanol–water partition coefficient (Wildman–Crippen LogP) is 1.53. The van der Waals surface area contributed by atoms with Crippen LogP contribution in [0.1, 0.15) is 21.8 Å². The third kappa shape index (κ3) is 3.12. The lowest BCUT2D eigenvalue weighted by Gasteiger charge is -1.99. The lowest BCUT2D eigenvalue weighted by Crippen LogP contribution is -2.07. The van der Waals surface area contributed by atoms with Gasteiger partial charge in [0.2, 0.25) is 5.78 Å². The van der Waals surface area contributed by atoms with Gasteiger partial charge in [-0.05, 0) is 25.1 Å². The first-order chi connectivity index (χ1) is 8.81. The van der Waals surface area contributed by atoms with Crippen molar-refractivity contribution in [2.75, 3.05) is 18.4 Å². The van der Waals surface area contributed by atoms with E-state index in [0.29, 0.717) is 17.1 Å². The van der Waals surface area contributed by atoms with Crippen molar-refractivity contribution >= 4 is 22.3 Å². The van der Waals surface area contributed by atoms with Crippen LogP contribution in [0, 0.1) is 0 Å². The Morgan fingerprint density at radius 2 is 2.28 bits per heavy atom. The number of anilines is 1. The molecular weight excluding hydrogens is 248 g/mol. The van der Waals surface area contributed by atoms with E-state index < -0.39 is 0 Å². The van der Waals surface area contributed by atoms with Crippen LogP contribution in [0.2, 0.25) is 0 Å². The number of carbonyl (C=O) groups is 1. The van der Waals surface area contributed by atoms with Gasteiger partial charge in [-0.1, -0.05) is 17.4 Å². The molecule has 94 valence electrons. The molecule has 0 amide bonds. The number of thiazole rings is 1. The summed E-state index contributed by atoms with van der Waals surface area (Å²) in [4.78, 5) is 20.8. The van der Waals surface area contributed by atoms with E-state index in [2.05, 4.69) is 15.3 Å². The van der Waals surface area contributed by atoms with Gasteiger partial charge in [0.15, 0.2) is 5.13 Å². The summed E-state index contributed by atoms with van der Waals surface area (Å²) in [6, 6.07) is 5.27. The fourth-order valence-corrected chi connectivity index (χ4v) is 2.17. The van der Waals surface area contributed by atoms with Crippen LogP contribution in [0.25, 0.3) is 0 Å². The zero-order valence-corrected chi connectivity index (χ0v) is 10.6. The predicted molar refractivity (Wildman–Crippen MR) is 71.9 cm³/mol. The van der Waals surface area contributed by atoms with Gasteiger partial charge >= 0.3 is 0 Å². The van der Waals surface area contributed by atoms with E-state index in [0.717, 1.165) is 18.1 Å². The van der Waals surface area contributed by atoms with Crippen LogP contribution in [0.3, 0.4) is 0 Å². The van der Waals surface area contributed by atoms with E-state index in [-0.39, 0.29) is 5.78 Å². The molecule has 2 heterocycles. The molecule has 0 aliphatic carbocycles. The number of nitrogens with two attached hydrogens (primary N) is 1. The van der Waals surface area contributed by atoms with E-state index in [1.165, 1.54) is 11.3 Å². The molecule has 0 aromatic carbocycles. The standard InChI is InChI=1S/C12H14N4OS/c13-5-3-7-15-12-16-8-10(18-12)11(17)9-4-1-2-6-14-9/h1-2,4,6,8H,3,5,7,13H2,(H,15,16). The number of hydrogen-bond acceptors (Lipinski definition) is 6. The molecule has 0 aliphatic heterocycles. The Balaban J connectivity index is 2.04. The Hall–Kier alpha value is -1.79. The quantitative estimate of drug-likeness (QED) is 0.609. The minimum absolute atomic E-state index is 0.0972. The molecule has 3 N–H and O–H groups in total. The van der Waals surface area contributed by atoms with E-state index in [9.17, 15) is 4.79 Å². The molecular formula is C12H14N4OS. The molecule has 0 atom stereocenters. The van der Waals surface area contributed by atoms with Crippen molar-refractivity contribution in [2.24, 2.45) is 5.73 Å². The molecule has 0 unspecified atom stereocenters. The molecule has 2 aromatic heterocycles. The van der Waals surface area contributed by atoms with Crippen LogP contribution in [-0.2, 0) is 0 Å². The third-order valence-corrected chi connectivity index (χ3v) is 3.24. The number of nitrogens with zero attached hydrogens (tertiary/aromatic N) is 2. The molecule has 18 heavy (non-hydrogen) atoms. The Morgan fingerprint density at radius 1 is 1.39 bits per heavy atom. The summed E-state index contributed by atoms with van der Waals surface area (Å²) in [5, 5.41) is 3.87. The van der Waals surface area contributed by atoms with Crippen molar-refractivity contribution in [1.29, 1.82) is 0 Å². The largest absolute Gasteiger partial charge is 0.361 e. The zero-order chi connectivity index (χ0) is 12.8. The average Bonchev–Trinajstić information content (AvgIpc) is 2.88. The minimum atomic E-state index is -0.0972. The number of nitrogens with one attached hydrogen (secondary N) is 1. The highest BCUT2D eigenvalue weighted by atomic mass is 32.1. The van der Waals surface area contributed by atoms with E-state index >= 15 is 0 Å². The summed E-state index contributed by atoms with van der Waals surface area (Å²) in [5.41, 5.74) is 5.84.